The summed E-state index contributed by atoms with van der Waals surface area (Å²) in [5.41, 5.74) is 0. The molecule has 2 nitrogen and oxygen atoms in total. The first-order chi connectivity index (χ1) is 5.91. The van der Waals surface area contributed by atoms with Crippen molar-refractivity contribution in [1.82, 2.24) is 10.6 Å². The van der Waals surface area contributed by atoms with Gasteiger partial charge in [0.2, 0.25) is 0 Å². The van der Waals surface area contributed by atoms with Gasteiger partial charge in [-0.25, -0.2) is 0 Å². The third-order valence-electron chi connectivity index (χ3n) is 1.91. The third-order valence-corrected chi connectivity index (χ3v) is 1.91. The summed E-state index contributed by atoms with van der Waals surface area (Å²) in [6.45, 7) is 9.02. The monoisotopic (exact) mass is 172 g/mol. The van der Waals surface area contributed by atoms with Crippen LogP contribution in [0.3, 0.4) is 0 Å². The van der Waals surface area contributed by atoms with Crippen LogP contribution >= 0.6 is 0 Å². The van der Waals surface area contributed by atoms with Gasteiger partial charge in [0.25, 0.3) is 0 Å². The lowest BCUT2D eigenvalue weighted by molar-refractivity contribution is 0.534. The van der Waals surface area contributed by atoms with Gasteiger partial charge in [-0.1, -0.05) is 39.5 Å². The summed E-state index contributed by atoms with van der Waals surface area (Å²) < 4.78 is 0. The van der Waals surface area contributed by atoms with Crippen LogP contribution in [0.2, 0.25) is 0 Å². The quantitative estimate of drug-likeness (QED) is 0.634. The SMILES string of the molecule is C1CNCCN1.CCCCCC. The molecule has 1 fully saturated rings. The van der Waals surface area contributed by atoms with Crippen molar-refractivity contribution in [3.8, 4) is 0 Å². The fraction of sp³-hybridized carbons (Fsp3) is 1.00. The molecular weight excluding hydrogens is 148 g/mol. The summed E-state index contributed by atoms with van der Waals surface area (Å²) >= 11 is 0. The second-order valence-electron chi connectivity index (χ2n) is 3.21. The van der Waals surface area contributed by atoms with E-state index in [2.05, 4.69) is 24.5 Å². The van der Waals surface area contributed by atoms with E-state index in [0.717, 1.165) is 26.2 Å². The first-order valence-electron chi connectivity index (χ1n) is 5.33. The van der Waals surface area contributed by atoms with Crippen LogP contribution in [-0.2, 0) is 0 Å². The van der Waals surface area contributed by atoms with Gasteiger partial charge in [-0.2, -0.15) is 0 Å². The van der Waals surface area contributed by atoms with E-state index < -0.39 is 0 Å². The van der Waals surface area contributed by atoms with Gasteiger partial charge in [0.05, 0.1) is 0 Å². The van der Waals surface area contributed by atoms with Crippen molar-refractivity contribution < 1.29 is 0 Å². The summed E-state index contributed by atoms with van der Waals surface area (Å²) in [5.74, 6) is 0. The fourth-order valence-electron chi connectivity index (χ4n) is 1.10. The molecule has 0 aromatic carbocycles. The maximum Gasteiger partial charge on any atom is 0.00772 e. The number of rotatable bonds is 3. The second-order valence-corrected chi connectivity index (χ2v) is 3.21. The zero-order valence-corrected chi connectivity index (χ0v) is 8.66. The third kappa shape index (κ3) is 9.92. The summed E-state index contributed by atoms with van der Waals surface area (Å²) in [5, 5.41) is 6.44. The first-order valence-corrected chi connectivity index (χ1v) is 5.33. The normalized spacial score (nSPS) is 16.5. The number of hydrogen-bond donors (Lipinski definition) is 2. The molecule has 2 N–H and O–H groups in total. The molecule has 0 aliphatic carbocycles. The van der Waals surface area contributed by atoms with Crippen LogP contribution in [0, 0.1) is 0 Å². The summed E-state index contributed by atoms with van der Waals surface area (Å²) in [7, 11) is 0. The molecule has 1 saturated heterocycles. The summed E-state index contributed by atoms with van der Waals surface area (Å²) in [4.78, 5) is 0. The molecule has 74 valence electrons. The van der Waals surface area contributed by atoms with E-state index in [4.69, 9.17) is 0 Å². The number of piperazine rings is 1. The Morgan fingerprint density at radius 2 is 1.08 bits per heavy atom. The van der Waals surface area contributed by atoms with Gasteiger partial charge < -0.3 is 10.6 Å². The highest BCUT2D eigenvalue weighted by atomic mass is 15.0. The predicted molar refractivity (Wildman–Crippen MR) is 55.6 cm³/mol. The number of unbranched alkanes of at least 4 members (excludes halogenated alkanes) is 3. The molecule has 0 saturated carbocycles. The topological polar surface area (TPSA) is 24.1 Å². The Morgan fingerprint density at radius 1 is 0.750 bits per heavy atom. The fourth-order valence-corrected chi connectivity index (χ4v) is 1.10. The van der Waals surface area contributed by atoms with E-state index in [0.29, 0.717) is 0 Å². The maximum absolute atomic E-state index is 3.22. The average molecular weight is 172 g/mol. The minimum absolute atomic E-state index is 1.14. The van der Waals surface area contributed by atoms with Crippen molar-refractivity contribution >= 4 is 0 Å². The Bertz CT molecular complexity index is 54.7. The minimum Gasteiger partial charge on any atom is -0.314 e. The van der Waals surface area contributed by atoms with Gasteiger partial charge in [0.1, 0.15) is 0 Å². The maximum atomic E-state index is 3.22. The Balaban J connectivity index is 0.000000202. The van der Waals surface area contributed by atoms with Gasteiger partial charge in [-0.3, -0.25) is 0 Å². The van der Waals surface area contributed by atoms with Crippen LogP contribution in [0.1, 0.15) is 39.5 Å². The molecule has 0 bridgehead atoms. The molecule has 1 heterocycles. The van der Waals surface area contributed by atoms with Crippen LogP contribution in [0.5, 0.6) is 0 Å². The van der Waals surface area contributed by atoms with Crippen LogP contribution in [0.4, 0.5) is 0 Å². The van der Waals surface area contributed by atoms with Crippen LogP contribution in [-0.4, -0.2) is 26.2 Å². The highest BCUT2D eigenvalue weighted by Crippen LogP contribution is 1.95. The van der Waals surface area contributed by atoms with Gasteiger partial charge >= 0.3 is 0 Å². The smallest absolute Gasteiger partial charge is 0.00772 e. The minimum atomic E-state index is 1.14. The van der Waals surface area contributed by atoms with E-state index in [9.17, 15) is 0 Å². The Labute approximate surface area is 77.1 Å². The molecule has 0 unspecified atom stereocenters. The van der Waals surface area contributed by atoms with E-state index in [1.165, 1.54) is 25.7 Å². The molecule has 12 heavy (non-hydrogen) atoms. The number of hydrogen-bond acceptors (Lipinski definition) is 2. The Morgan fingerprint density at radius 3 is 1.25 bits per heavy atom. The standard InChI is InChI=1S/C6H14.C4H10N2/c1-3-5-6-4-2;1-2-6-4-3-5-1/h3-6H2,1-2H3;5-6H,1-4H2. The molecule has 1 aliphatic heterocycles. The lowest BCUT2D eigenvalue weighted by atomic mass is 10.2. The van der Waals surface area contributed by atoms with Crippen molar-refractivity contribution in [2.45, 2.75) is 39.5 Å². The van der Waals surface area contributed by atoms with Gasteiger partial charge in [-0.15, -0.1) is 0 Å². The van der Waals surface area contributed by atoms with Crippen molar-refractivity contribution in [1.29, 1.82) is 0 Å². The van der Waals surface area contributed by atoms with E-state index in [1.807, 2.05) is 0 Å². The Hall–Kier alpha value is -0.0800. The summed E-state index contributed by atoms with van der Waals surface area (Å²) in [6.07, 6.45) is 5.54. The van der Waals surface area contributed by atoms with Gasteiger partial charge in [-0.05, 0) is 0 Å². The zero-order valence-electron chi connectivity index (χ0n) is 8.66. The molecule has 0 atom stereocenters. The van der Waals surface area contributed by atoms with Gasteiger partial charge in [0.15, 0.2) is 0 Å². The highest BCUT2D eigenvalue weighted by Gasteiger charge is 1.91. The highest BCUT2D eigenvalue weighted by molar-refractivity contribution is 4.59. The van der Waals surface area contributed by atoms with E-state index >= 15 is 0 Å². The molecule has 1 aliphatic rings. The molecule has 0 amide bonds. The zero-order chi connectivity index (χ0) is 9.07. The summed E-state index contributed by atoms with van der Waals surface area (Å²) in [6, 6.07) is 0. The first kappa shape index (κ1) is 11.9. The van der Waals surface area contributed by atoms with Crippen molar-refractivity contribution in [3.63, 3.8) is 0 Å². The van der Waals surface area contributed by atoms with Crippen molar-refractivity contribution in [3.05, 3.63) is 0 Å². The lowest BCUT2D eigenvalue weighted by Crippen LogP contribution is -2.39. The Kier molecular flexibility index (Phi) is 10.8. The lowest BCUT2D eigenvalue weighted by Gasteiger charge is -2.11. The predicted octanol–water partition coefficient (Wildman–Crippen LogP) is 1.77. The van der Waals surface area contributed by atoms with E-state index in [1.54, 1.807) is 0 Å². The largest absolute Gasteiger partial charge is 0.314 e. The molecular formula is C10H24N2. The average Bonchev–Trinajstić information content (AvgIpc) is 2.18. The molecule has 1 rings (SSSR count). The molecule has 0 aromatic heterocycles. The van der Waals surface area contributed by atoms with Gasteiger partial charge in [0, 0.05) is 26.2 Å². The van der Waals surface area contributed by atoms with Crippen molar-refractivity contribution in [2.24, 2.45) is 0 Å². The van der Waals surface area contributed by atoms with Crippen molar-refractivity contribution in [2.75, 3.05) is 26.2 Å². The molecule has 0 spiro atoms. The second kappa shape index (κ2) is 10.9. The van der Waals surface area contributed by atoms with Crippen LogP contribution in [0.25, 0.3) is 0 Å². The van der Waals surface area contributed by atoms with E-state index in [-0.39, 0.29) is 0 Å². The molecule has 0 aromatic rings. The molecule has 2 heteroatoms. The van der Waals surface area contributed by atoms with Crippen LogP contribution < -0.4 is 10.6 Å². The van der Waals surface area contributed by atoms with Crippen LogP contribution in [0.15, 0.2) is 0 Å². The number of nitrogens with one attached hydrogen (secondary N) is 2. The molecule has 0 radical (unpaired) electrons.